The third-order valence-electron chi connectivity index (χ3n) is 22.7. The molecule has 3 amide bonds. The Kier molecular flexibility index (Phi) is 47.8. The van der Waals surface area contributed by atoms with Crippen LogP contribution in [0.4, 0.5) is 0 Å². The van der Waals surface area contributed by atoms with Crippen LogP contribution in [-0.2, 0) is 71.2 Å². The number of carbonyl (C=O) groups excluding carboxylic acids is 3. The van der Waals surface area contributed by atoms with E-state index >= 15 is 0 Å². The van der Waals surface area contributed by atoms with Gasteiger partial charge in [0.25, 0.3) is 0 Å². The maximum Gasteiger partial charge on any atom is 0.220 e. The van der Waals surface area contributed by atoms with Crippen LogP contribution in [-0.4, -0.2) is 340 Å². The first kappa shape index (κ1) is 101. The van der Waals surface area contributed by atoms with Crippen LogP contribution in [0.15, 0.2) is 12.2 Å². The van der Waals surface area contributed by atoms with Gasteiger partial charge in [0, 0.05) is 20.3 Å². The van der Waals surface area contributed by atoms with Gasteiger partial charge in [-0.05, 0) is 26.2 Å². The summed E-state index contributed by atoms with van der Waals surface area (Å²) in [5.41, 5.74) is 0. The normalized spacial score (nSPS) is 36.5. The highest BCUT2D eigenvalue weighted by molar-refractivity contribution is 5.76. The summed E-state index contributed by atoms with van der Waals surface area (Å²) in [7, 11) is 0. The Bertz CT molecular complexity index is 2650. The number of unbranched alkanes of at least 4 members (excludes halogenated alkanes) is 29. The number of hydrogen-bond acceptors (Lipinski definition) is 32. The molecule has 0 bridgehead atoms. The monoisotopic (exact) mass is 1660 g/mol. The van der Waals surface area contributed by atoms with Crippen LogP contribution >= 0.6 is 0 Å². The van der Waals surface area contributed by atoms with Gasteiger partial charge in [-0.15, -0.1) is 0 Å². The first-order valence-corrected chi connectivity index (χ1v) is 42.8. The average molecular weight is 1660 g/mol. The molecule has 12 unspecified atom stereocenters. The van der Waals surface area contributed by atoms with Crippen molar-refractivity contribution in [3.63, 3.8) is 0 Å². The zero-order valence-corrected chi connectivity index (χ0v) is 68.2. The van der Waals surface area contributed by atoms with Crippen molar-refractivity contribution >= 4 is 17.7 Å². The summed E-state index contributed by atoms with van der Waals surface area (Å²) in [6.07, 6.45) is -15.6. The molecule has 6 rings (SSSR count). The van der Waals surface area contributed by atoms with Gasteiger partial charge < -0.3 is 160 Å². The van der Waals surface area contributed by atoms with Gasteiger partial charge in [-0.2, -0.15) is 0 Å². The lowest BCUT2D eigenvalue weighted by atomic mass is 9.93. The predicted octanol–water partition coefficient (Wildman–Crippen LogP) is 0.164. The lowest BCUT2D eigenvalue weighted by Crippen LogP contribution is -2.71. The number of amides is 3. The molecule has 0 aliphatic carbocycles. The van der Waals surface area contributed by atoms with E-state index < -0.39 is 248 Å². The number of carbonyl (C=O) groups is 3. The Hall–Kier alpha value is -3.01. The summed E-state index contributed by atoms with van der Waals surface area (Å²) in [6.45, 7) is 2.24. The van der Waals surface area contributed by atoms with Crippen LogP contribution in [0.25, 0.3) is 0 Å². The minimum absolute atomic E-state index is 0.169. The van der Waals surface area contributed by atoms with Crippen molar-refractivity contribution in [3.05, 3.63) is 12.2 Å². The van der Waals surface area contributed by atoms with E-state index in [2.05, 4.69) is 29.8 Å². The van der Waals surface area contributed by atoms with Gasteiger partial charge in [-0.3, -0.25) is 14.4 Å². The maximum absolute atomic E-state index is 13.6. The van der Waals surface area contributed by atoms with Gasteiger partial charge in [0.15, 0.2) is 37.7 Å². The second kappa shape index (κ2) is 54.5. The van der Waals surface area contributed by atoms with E-state index in [1.807, 2.05) is 6.08 Å². The first-order valence-electron chi connectivity index (χ1n) is 42.8. The van der Waals surface area contributed by atoms with Gasteiger partial charge in [0.05, 0.1) is 57.9 Å². The Morgan fingerprint density at radius 1 is 0.357 bits per heavy atom. The van der Waals surface area contributed by atoms with E-state index in [-0.39, 0.29) is 12.3 Å². The van der Waals surface area contributed by atoms with Crippen LogP contribution in [0, 0.1) is 0 Å². The highest BCUT2D eigenvalue weighted by Crippen LogP contribution is 2.39. The van der Waals surface area contributed by atoms with E-state index in [1.54, 1.807) is 6.08 Å². The second-order valence-corrected chi connectivity index (χ2v) is 32.1. The number of ether oxygens (including phenoxy) is 12. The molecule has 35 heteroatoms. The Labute approximate surface area is 677 Å². The molecule has 0 aromatic heterocycles. The number of aliphatic hydroxyl groups excluding tert-OH is 17. The summed E-state index contributed by atoms with van der Waals surface area (Å²) < 4.78 is 72.7. The van der Waals surface area contributed by atoms with Crippen LogP contribution < -0.4 is 16.0 Å². The molecule has 672 valence electrons. The molecule has 35 nitrogen and oxygen atoms in total. The number of nitrogens with one attached hydrogen (secondary N) is 3. The smallest absolute Gasteiger partial charge is 0.220 e. The highest BCUT2D eigenvalue weighted by Gasteiger charge is 2.59. The summed E-state index contributed by atoms with van der Waals surface area (Å²) in [5.74, 6) is -2.05. The Morgan fingerprint density at radius 3 is 1.23 bits per heavy atom. The molecule has 0 aromatic rings. The van der Waals surface area contributed by atoms with Gasteiger partial charge in [0.1, 0.15) is 140 Å². The molecular weight excluding hydrogens is 1510 g/mol. The van der Waals surface area contributed by atoms with Gasteiger partial charge in [-0.1, -0.05) is 206 Å². The molecule has 6 fully saturated rings. The van der Waals surface area contributed by atoms with Crippen molar-refractivity contribution in [2.75, 3.05) is 39.6 Å². The topological polar surface area (TPSA) is 542 Å². The van der Waals surface area contributed by atoms with Gasteiger partial charge in [-0.25, -0.2) is 0 Å². The average Bonchev–Trinajstić information content (AvgIpc) is 0.760. The molecule has 6 aliphatic heterocycles. The van der Waals surface area contributed by atoms with Gasteiger partial charge in [0.2, 0.25) is 17.7 Å². The fraction of sp³-hybridized carbons (Fsp3) is 0.938. The van der Waals surface area contributed by atoms with E-state index in [0.29, 0.717) is 12.8 Å². The van der Waals surface area contributed by atoms with E-state index in [1.165, 1.54) is 142 Å². The van der Waals surface area contributed by atoms with E-state index in [4.69, 9.17) is 56.8 Å². The number of hydrogen-bond donors (Lipinski definition) is 20. The molecule has 32 atom stereocenters. The minimum atomic E-state index is -2.25. The molecule has 0 radical (unpaired) electrons. The maximum atomic E-state index is 13.6. The van der Waals surface area contributed by atoms with Crippen molar-refractivity contribution in [1.82, 2.24) is 16.0 Å². The Balaban J connectivity index is 1.14. The molecule has 20 N–H and O–H groups in total. The molecular formula is C80H145N3O32. The summed E-state index contributed by atoms with van der Waals surface area (Å²) >= 11 is 0. The predicted molar refractivity (Wildman–Crippen MR) is 411 cm³/mol. The summed E-state index contributed by atoms with van der Waals surface area (Å²) in [5, 5.41) is 199. The fourth-order valence-electron chi connectivity index (χ4n) is 15.7. The van der Waals surface area contributed by atoms with Crippen LogP contribution in [0.3, 0.4) is 0 Å². The SMILES string of the molecule is CCCCCCCCCCCCC/C=C/[C@@H](O)[C@H](CO[C@@H]1OC(CO)[C@@H](O[C@@H]2OC(CO)[C@H](O)[C@H](O[C@@H]3OC(CO)[C@@H](O)[C@H](O[C@@H]4OC(CO)[C@H](O)[C@H](O[C@H]5OC(CO)[C@H](O)[C@H](O)C5NC(C)=O)C4O[C@H]4OC(C)[C@@H](O)C(O)[C@@H]4O)C3NC(C)=O)C2O)[C@H](O)C1O)NC(=O)CCCCCCCCCCCCCCCCCCCCC. The van der Waals surface area contributed by atoms with Crippen molar-refractivity contribution in [2.24, 2.45) is 0 Å². The molecule has 0 spiro atoms. The van der Waals surface area contributed by atoms with Crippen molar-refractivity contribution in [1.29, 1.82) is 0 Å². The number of allylic oxidation sites excluding steroid dienone is 1. The molecule has 6 heterocycles. The standard InChI is InChI=1S/C80H145N3O32/c1-6-8-10-12-14-16-18-20-21-22-23-24-25-27-29-31-33-35-37-39-56(92)83-49(50(91)38-36-34-32-30-28-26-19-17-15-13-11-9-7-2)45-104-77-68(102)66(100)70(55(44-88)110-77)111-79-69(103)72(62(96)53(42-86)108-79)113-76-58(82-48(5)90)71(61(95)52(41-85)107-76)112-80-74(115-78-67(101)65(99)59(93)46(3)105-78)73(63(97)54(43-87)109-80)114-75-57(81-47(4)89)64(98)60(94)51(40-84)106-75/h36,38,46,49-55,57-80,84-88,91,93-103H,6-35,37,39-45H2,1-5H3,(H,81,89)(H,82,90)(H,83,92)/b38-36+/t46?,49-,50+,51?,52?,53?,54?,55?,57?,58?,59+,60-,61+,62-,63-,64+,65?,66+,67-,68?,69?,70+,71+,72-,73-,74?,75+,76-,77+,78+,79-,80-/m0/s1. The van der Waals surface area contributed by atoms with Crippen molar-refractivity contribution < 1.29 is 158 Å². The molecule has 115 heavy (non-hydrogen) atoms. The molecule has 0 saturated carbocycles. The van der Waals surface area contributed by atoms with Crippen LogP contribution in [0.5, 0.6) is 0 Å². The van der Waals surface area contributed by atoms with Crippen molar-refractivity contribution in [2.45, 2.75) is 436 Å². The lowest BCUT2D eigenvalue weighted by molar-refractivity contribution is -0.401. The fourth-order valence-corrected chi connectivity index (χ4v) is 15.7. The van der Waals surface area contributed by atoms with Crippen LogP contribution in [0.1, 0.15) is 240 Å². The molecule has 6 saturated heterocycles. The zero-order valence-electron chi connectivity index (χ0n) is 68.2. The molecule has 0 aromatic carbocycles. The third-order valence-corrected chi connectivity index (χ3v) is 22.7. The van der Waals surface area contributed by atoms with Crippen molar-refractivity contribution in [3.8, 4) is 0 Å². The highest BCUT2D eigenvalue weighted by atomic mass is 16.8. The second-order valence-electron chi connectivity index (χ2n) is 32.1. The third kappa shape index (κ3) is 31.7. The summed E-state index contributed by atoms with van der Waals surface area (Å²) in [4.78, 5) is 39.5. The summed E-state index contributed by atoms with van der Waals surface area (Å²) in [6, 6.07) is -4.69. The largest absolute Gasteiger partial charge is 0.394 e. The number of aliphatic hydroxyl groups is 17. The van der Waals surface area contributed by atoms with E-state index in [0.717, 1.165) is 65.2 Å². The number of rotatable bonds is 55. The minimum Gasteiger partial charge on any atom is -0.394 e. The van der Waals surface area contributed by atoms with Crippen LogP contribution in [0.2, 0.25) is 0 Å². The van der Waals surface area contributed by atoms with Gasteiger partial charge >= 0.3 is 0 Å². The quantitative estimate of drug-likeness (QED) is 0.0285. The zero-order chi connectivity index (χ0) is 84.1. The molecule has 6 aliphatic rings. The van der Waals surface area contributed by atoms with E-state index in [9.17, 15) is 101 Å². The first-order chi connectivity index (χ1) is 55.3. The lowest BCUT2D eigenvalue weighted by Gasteiger charge is -2.52. The Morgan fingerprint density at radius 2 is 0.730 bits per heavy atom.